The average molecular weight is 338 g/mol. The van der Waals surface area contributed by atoms with Crippen molar-refractivity contribution in [3.8, 4) is 5.75 Å². The van der Waals surface area contributed by atoms with Crippen molar-refractivity contribution in [1.29, 1.82) is 0 Å². The first-order valence-corrected chi connectivity index (χ1v) is 8.01. The van der Waals surface area contributed by atoms with Crippen molar-refractivity contribution in [1.82, 2.24) is 20.3 Å². The Balaban J connectivity index is 1.46. The van der Waals surface area contributed by atoms with E-state index in [1.165, 1.54) is 0 Å². The molecule has 3 aromatic rings. The molecule has 0 aliphatic heterocycles. The Kier molecular flexibility index (Phi) is 5.36. The number of fused-ring (bicyclic) bond motifs is 1. The molecule has 128 valence electrons. The second-order valence-electron chi connectivity index (χ2n) is 5.43. The lowest BCUT2D eigenvalue weighted by molar-refractivity contribution is -0.121. The molecule has 0 bridgehead atoms. The Morgan fingerprint density at radius 3 is 2.68 bits per heavy atom. The molecule has 0 aliphatic carbocycles. The molecule has 25 heavy (non-hydrogen) atoms. The van der Waals surface area contributed by atoms with Gasteiger partial charge in [0.1, 0.15) is 17.8 Å². The van der Waals surface area contributed by atoms with Gasteiger partial charge in [-0.25, -0.2) is 4.68 Å². The van der Waals surface area contributed by atoms with Crippen LogP contribution in [0, 0.1) is 0 Å². The zero-order chi connectivity index (χ0) is 17.5. The van der Waals surface area contributed by atoms with Crippen LogP contribution in [0.25, 0.3) is 10.9 Å². The Morgan fingerprint density at radius 2 is 1.84 bits per heavy atom. The number of hydrogen-bond donors (Lipinski definition) is 1. The van der Waals surface area contributed by atoms with E-state index in [0.717, 1.165) is 10.4 Å². The van der Waals surface area contributed by atoms with E-state index in [1.54, 1.807) is 24.3 Å². The number of benzene rings is 2. The molecule has 7 heteroatoms. The van der Waals surface area contributed by atoms with E-state index in [1.807, 2.05) is 30.3 Å². The zero-order valence-electron chi connectivity index (χ0n) is 13.6. The number of carbonyl (C=O) groups excluding carboxylic acids is 1. The summed E-state index contributed by atoms with van der Waals surface area (Å²) in [7, 11) is 0. The van der Waals surface area contributed by atoms with Gasteiger partial charge in [-0.1, -0.05) is 35.5 Å². The third-order valence-corrected chi connectivity index (χ3v) is 3.58. The molecule has 0 aliphatic rings. The van der Waals surface area contributed by atoms with Gasteiger partial charge in [0.05, 0.1) is 12.0 Å². The second kappa shape index (κ2) is 8.05. The number of hydrogen-bond acceptors (Lipinski definition) is 5. The molecule has 1 aromatic heterocycles. The fourth-order valence-electron chi connectivity index (χ4n) is 2.33. The highest BCUT2D eigenvalue weighted by molar-refractivity contribution is 5.78. The highest BCUT2D eigenvalue weighted by Crippen LogP contribution is 2.08. The Morgan fingerprint density at radius 1 is 1.08 bits per heavy atom. The van der Waals surface area contributed by atoms with E-state index in [4.69, 9.17) is 4.74 Å². The molecule has 2 aromatic carbocycles. The smallest absolute Gasteiger partial charge is 0.278 e. The van der Waals surface area contributed by atoms with Gasteiger partial charge in [0, 0.05) is 6.54 Å². The number of aromatic nitrogens is 3. The summed E-state index contributed by atoms with van der Waals surface area (Å²) in [5, 5.41) is 10.9. The summed E-state index contributed by atoms with van der Waals surface area (Å²) >= 11 is 0. The molecule has 0 radical (unpaired) electrons. The molecule has 0 unspecified atom stereocenters. The minimum absolute atomic E-state index is 0.157. The average Bonchev–Trinajstić information content (AvgIpc) is 2.65. The first-order chi connectivity index (χ1) is 12.2. The van der Waals surface area contributed by atoms with Crippen molar-refractivity contribution < 1.29 is 9.53 Å². The Bertz CT molecular complexity index is 909. The molecule has 3 rings (SSSR count). The number of nitrogens with zero attached hydrogens (tertiary/aromatic N) is 3. The minimum atomic E-state index is -0.326. The lowest BCUT2D eigenvalue weighted by atomic mass is 10.2. The maximum Gasteiger partial charge on any atom is 0.278 e. The molecule has 1 heterocycles. The van der Waals surface area contributed by atoms with Gasteiger partial charge in [-0.2, -0.15) is 0 Å². The molecule has 0 spiro atoms. The zero-order valence-corrected chi connectivity index (χ0v) is 13.6. The van der Waals surface area contributed by atoms with Crippen molar-refractivity contribution in [3.05, 3.63) is 65.0 Å². The quantitative estimate of drug-likeness (QED) is 0.658. The summed E-state index contributed by atoms with van der Waals surface area (Å²) in [5.41, 5.74) is 0.190. The molecule has 1 amide bonds. The van der Waals surface area contributed by atoms with E-state index in [0.29, 0.717) is 30.5 Å². The van der Waals surface area contributed by atoms with E-state index in [-0.39, 0.29) is 18.0 Å². The first-order valence-electron chi connectivity index (χ1n) is 8.01. The molecule has 1 N–H and O–H groups in total. The van der Waals surface area contributed by atoms with Crippen LogP contribution in [0.5, 0.6) is 5.75 Å². The van der Waals surface area contributed by atoms with Crippen LogP contribution in [-0.2, 0) is 11.3 Å². The van der Waals surface area contributed by atoms with Gasteiger partial charge in [-0.3, -0.25) is 9.59 Å². The van der Waals surface area contributed by atoms with Gasteiger partial charge in [0.25, 0.3) is 5.56 Å². The largest absolute Gasteiger partial charge is 0.494 e. The first kappa shape index (κ1) is 16.6. The molecular weight excluding hydrogens is 320 g/mol. The Hall–Kier alpha value is -3.22. The number of amides is 1. The fraction of sp³-hybridized carbons (Fsp3) is 0.222. The monoisotopic (exact) mass is 338 g/mol. The van der Waals surface area contributed by atoms with E-state index >= 15 is 0 Å². The van der Waals surface area contributed by atoms with Gasteiger partial charge in [0.2, 0.25) is 5.91 Å². The lowest BCUT2D eigenvalue weighted by Gasteiger charge is -2.08. The third-order valence-electron chi connectivity index (χ3n) is 3.58. The van der Waals surface area contributed by atoms with Crippen LogP contribution in [0.1, 0.15) is 6.42 Å². The van der Waals surface area contributed by atoms with Crippen LogP contribution in [-0.4, -0.2) is 34.1 Å². The predicted octanol–water partition coefficient (Wildman–Crippen LogP) is 1.38. The summed E-state index contributed by atoms with van der Waals surface area (Å²) in [5.74, 6) is 0.512. The summed E-state index contributed by atoms with van der Waals surface area (Å²) in [6, 6.07) is 16.4. The van der Waals surface area contributed by atoms with Crippen molar-refractivity contribution in [2.75, 3.05) is 13.2 Å². The number of para-hydroxylation sites is 1. The van der Waals surface area contributed by atoms with Crippen LogP contribution in [0.4, 0.5) is 0 Å². The number of carbonyl (C=O) groups is 1. The second-order valence-corrected chi connectivity index (χ2v) is 5.43. The molecular formula is C18H18N4O3. The highest BCUT2D eigenvalue weighted by Gasteiger charge is 2.08. The fourth-order valence-corrected chi connectivity index (χ4v) is 2.33. The van der Waals surface area contributed by atoms with Gasteiger partial charge in [-0.15, -0.1) is 5.10 Å². The molecule has 0 fully saturated rings. The van der Waals surface area contributed by atoms with Crippen LogP contribution in [0.15, 0.2) is 59.4 Å². The minimum Gasteiger partial charge on any atom is -0.494 e. The summed E-state index contributed by atoms with van der Waals surface area (Å²) in [4.78, 5) is 24.2. The van der Waals surface area contributed by atoms with E-state index in [2.05, 4.69) is 15.6 Å². The van der Waals surface area contributed by atoms with Gasteiger partial charge < -0.3 is 10.1 Å². The number of nitrogens with one attached hydrogen (secondary N) is 1. The number of rotatable bonds is 7. The SMILES string of the molecule is O=C(Cn1nnc2ccccc2c1=O)NCCCOc1ccccc1. The molecule has 0 saturated heterocycles. The summed E-state index contributed by atoms with van der Waals surface area (Å²) in [6.07, 6.45) is 0.666. The van der Waals surface area contributed by atoms with Crippen molar-refractivity contribution in [2.24, 2.45) is 0 Å². The van der Waals surface area contributed by atoms with Crippen molar-refractivity contribution >= 4 is 16.8 Å². The maximum absolute atomic E-state index is 12.3. The standard InChI is InChI=1S/C18H18N4O3/c23-17(19-11-6-12-25-14-7-2-1-3-8-14)13-22-18(24)15-9-4-5-10-16(15)20-21-22/h1-5,7-10H,6,11-13H2,(H,19,23). The lowest BCUT2D eigenvalue weighted by Crippen LogP contribution is -2.35. The predicted molar refractivity (Wildman–Crippen MR) is 93.4 cm³/mol. The topological polar surface area (TPSA) is 86.1 Å². The maximum atomic E-state index is 12.3. The summed E-state index contributed by atoms with van der Waals surface area (Å²) in [6.45, 7) is 0.803. The van der Waals surface area contributed by atoms with Crippen LogP contribution >= 0.6 is 0 Å². The molecule has 0 atom stereocenters. The Labute approximate surface area is 144 Å². The van der Waals surface area contributed by atoms with Crippen LogP contribution in [0.3, 0.4) is 0 Å². The van der Waals surface area contributed by atoms with Crippen molar-refractivity contribution in [2.45, 2.75) is 13.0 Å². The van der Waals surface area contributed by atoms with Crippen LogP contribution in [0.2, 0.25) is 0 Å². The van der Waals surface area contributed by atoms with Crippen molar-refractivity contribution in [3.63, 3.8) is 0 Å². The summed E-state index contributed by atoms with van der Waals surface area (Å²) < 4.78 is 6.61. The van der Waals surface area contributed by atoms with Gasteiger partial charge in [0.15, 0.2) is 0 Å². The van der Waals surface area contributed by atoms with Crippen LogP contribution < -0.4 is 15.6 Å². The normalized spacial score (nSPS) is 10.6. The third kappa shape index (κ3) is 4.41. The van der Waals surface area contributed by atoms with E-state index < -0.39 is 0 Å². The highest BCUT2D eigenvalue weighted by atomic mass is 16.5. The molecule has 0 saturated carbocycles. The van der Waals surface area contributed by atoms with E-state index in [9.17, 15) is 9.59 Å². The van der Waals surface area contributed by atoms with Gasteiger partial charge in [-0.05, 0) is 30.7 Å². The molecule has 7 nitrogen and oxygen atoms in total. The number of ether oxygens (including phenoxy) is 1. The van der Waals surface area contributed by atoms with Gasteiger partial charge >= 0.3 is 0 Å².